The van der Waals surface area contributed by atoms with Crippen LogP contribution in [0.15, 0.2) is 53.4 Å². The maximum Gasteiger partial charge on any atom is 0.338 e. The van der Waals surface area contributed by atoms with Crippen molar-refractivity contribution in [3.05, 3.63) is 65.5 Å². The number of ether oxygens (including phenoxy) is 1. The molecule has 1 N–H and O–H groups in total. The molecule has 144 valence electrons. The van der Waals surface area contributed by atoms with E-state index in [9.17, 15) is 22.4 Å². The highest BCUT2D eigenvalue weighted by atomic mass is 32.2. The first-order valence-electron chi connectivity index (χ1n) is 7.91. The molecular formula is C18H19FN2O5S. The number of esters is 1. The van der Waals surface area contributed by atoms with Crippen LogP contribution in [0.1, 0.15) is 15.9 Å². The number of sulfonamides is 1. The third kappa shape index (κ3) is 5.35. The minimum atomic E-state index is -3.70. The van der Waals surface area contributed by atoms with Gasteiger partial charge in [-0.3, -0.25) is 4.79 Å². The standard InChI is InChI=1S/C18H19FN2O5S/c1-21(2)27(24,25)15-8-5-7-13(10-15)18(23)26-12-17(22)20-11-14-6-3-4-9-16(14)19/h3-10H,11-12H2,1-2H3,(H,20,22). The van der Waals surface area contributed by atoms with Crippen LogP contribution in [0, 0.1) is 5.82 Å². The molecule has 0 heterocycles. The zero-order valence-electron chi connectivity index (χ0n) is 14.8. The molecule has 0 saturated heterocycles. The van der Waals surface area contributed by atoms with E-state index in [0.29, 0.717) is 5.56 Å². The van der Waals surface area contributed by atoms with Gasteiger partial charge in [-0.1, -0.05) is 24.3 Å². The van der Waals surface area contributed by atoms with Crippen molar-refractivity contribution in [2.24, 2.45) is 0 Å². The lowest BCUT2D eigenvalue weighted by Crippen LogP contribution is -2.28. The average Bonchev–Trinajstić information content (AvgIpc) is 2.65. The summed E-state index contributed by atoms with van der Waals surface area (Å²) in [5.41, 5.74) is 0.304. The summed E-state index contributed by atoms with van der Waals surface area (Å²) in [7, 11) is -0.946. The van der Waals surface area contributed by atoms with Crippen LogP contribution < -0.4 is 5.32 Å². The zero-order chi connectivity index (χ0) is 20.0. The maximum absolute atomic E-state index is 13.5. The number of carbonyl (C=O) groups is 2. The number of nitrogens with zero attached hydrogens (tertiary/aromatic N) is 1. The Morgan fingerprint density at radius 3 is 2.48 bits per heavy atom. The van der Waals surface area contributed by atoms with Crippen LogP contribution in [0.25, 0.3) is 0 Å². The van der Waals surface area contributed by atoms with Crippen LogP contribution in [0.5, 0.6) is 0 Å². The highest BCUT2D eigenvalue weighted by Gasteiger charge is 2.19. The minimum absolute atomic E-state index is 0.000159. The first-order valence-corrected chi connectivity index (χ1v) is 9.35. The van der Waals surface area contributed by atoms with Crippen molar-refractivity contribution in [2.45, 2.75) is 11.4 Å². The van der Waals surface area contributed by atoms with Crippen molar-refractivity contribution in [1.82, 2.24) is 9.62 Å². The molecular weight excluding hydrogens is 375 g/mol. The Morgan fingerprint density at radius 2 is 1.81 bits per heavy atom. The van der Waals surface area contributed by atoms with Crippen LogP contribution in [-0.2, 0) is 26.1 Å². The highest BCUT2D eigenvalue weighted by molar-refractivity contribution is 7.89. The third-order valence-corrected chi connectivity index (χ3v) is 5.43. The van der Waals surface area contributed by atoms with Gasteiger partial charge >= 0.3 is 5.97 Å². The number of halogens is 1. The van der Waals surface area contributed by atoms with E-state index >= 15 is 0 Å². The lowest BCUT2D eigenvalue weighted by molar-refractivity contribution is -0.124. The molecule has 0 saturated carbocycles. The van der Waals surface area contributed by atoms with Crippen molar-refractivity contribution < 1.29 is 27.1 Å². The Hall–Kier alpha value is -2.78. The second-order valence-corrected chi connectivity index (χ2v) is 7.91. The molecule has 2 aromatic carbocycles. The molecule has 2 rings (SSSR count). The van der Waals surface area contributed by atoms with Crippen molar-refractivity contribution in [2.75, 3.05) is 20.7 Å². The van der Waals surface area contributed by atoms with Crippen LogP contribution in [0.2, 0.25) is 0 Å². The first-order chi connectivity index (χ1) is 12.7. The molecule has 7 nitrogen and oxygen atoms in total. The Labute approximate surface area is 156 Å². The van der Waals surface area contributed by atoms with Crippen LogP contribution >= 0.6 is 0 Å². The summed E-state index contributed by atoms with van der Waals surface area (Å²) in [6.07, 6.45) is 0. The maximum atomic E-state index is 13.5. The summed E-state index contributed by atoms with van der Waals surface area (Å²) in [5, 5.41) is 2.44. The molecule has 1 amide bonds. The lowest BCUT2D eigenvalue weighted by atomic mass is 10.2. The van der Waals surface area contributed by atoms with E-state index in [4.69, 9.17) is 4.74 Å². The van der Waals surface area contributed by atoms with Gasteiger partial charge in [-0.2, -0.15) is 0 Å². The van der Waals surface area contributed by atoms with Gasteiger partial charge < -0.3 is 10.1 Å². The van der Waals surface area contributed by atoms with Crippen LogP contribution in [0.4, 0.5) is 4.39 Å². The summed E-state index contributed by atoms with van der Waals surface area (Å²) in [4.78, 5) is 23.8. The molecule has 9 heteroatoms. The molecule has 0 aliphatic rings. The zero-order valence-corrected chi connectivity index (χ0v) is 15.6. The Morgan fingerprint density at radius 1 is 1.11 bits per heavy atom. The van der Waals surface area contributed by atoms with Gasteiger partial charge in [0, 0.05) is 26.2 Å². The fourth-order valence-electron chi connectivity index (χ4n) is 2.10. The Kier molecular flexibility index (Phi) is 6.65. The molecule has 0 aliphatic carbocycles. The predicted octanol–water partition coefficient (Wildman–Crippen LogP) is 1.55. The number of nitrogens with one attached hydrogen (secondary N) is 1. The smallest absolute Gasteiger partial charge is 0.338 e. The van der Waals surface area contributed by atoms with Crippen molar-refractivity contribution in [3.63, 3.8) is 0 Å². The topological polar surface area (TPSA) is 92.8 Å². The van der Waals surface area contributed by atoms with Crippen LogP contribution in [-0.4, -0.2) is 45.3 Å². The van der Waals surface area contributed by atoms with Gasteiger partial charge in [0.05, 0.1) is 10.5 Å². The normalized spacial score (nSPS) is 11.3. The number of amides is 1. The monoisotopic (exact) mass is 394 g/mol. The largest absolute Gasteiger partial charge is 0.452 e. The Bertz CT molecular complexity index is 944. The average molecular weight is 394 g/mol. The second kappa shape index (κ2) is 8.74. The van der Waals surface area contributed by atoms with E-state index in [2.05, 4.69) is 5.32 Å². The van der Waals surface area contributed by atoms with E-state index in [1.165, 1.54) is 56.6 Å². The van der Waals surface area contributed by atoms with Gasteiger partial charge in [0.25, 0.3) is 5.91 Å². The van der Waals surface area contributed by atoms with Gasteiger partial charge in [0.1, 0.15) is 5.82 Å². The quantitative estimate of drug-likeness (QED) is 0.720. The van der Waals surface area contributed by atoms with Gasteiger partial charge in [0.2, 0.25) is 10.0 Å². The fourth-order valence-corrected chi connectivity index (χ4v) is 3.04. The van der Waals surface area contributed by atoms with Gasteiger partial charge in [-0.25, -0.2) is 21.9 Å². The van der Waals surface area contributed by atoms with E-state index in [0.717, 1.165) is 4.31 Å². The van der Waals surface area contributed by atoms with E-state index in [1.54, 1.807) is 6.07 Å². The van der Waals surface area contributed by atoms with Gasteiger partial charge in [-0.05, 0) is 24.3 Å². The van der Waals surface area contributed by atoms with E-state index in [-0.39, 0.29) is 17.0 Å². The highest BCUT2D eigenvalue weighted by Crippen LogP contribution is 2.15. The van der Waals surface area contributed by atoms with Crippen molar-refractivity contribution in [3.8, 4) is 0 Å². The molecule has 0 fully saturated rings. The molecule has 0 aliphatic heterocycles. The third-order valence-electron chi connectivity index (χ3n) is 3.62. The Balaban J connectivity index is 1.94. The molecule has 0 bridgehead atoms. The second-order valence-electron chi connectivity index (χ2n) is 5.76. The number of benzene rings is 2. The molecule has 0 spiro atoms. The molecule has 0 atom stereocenters. The fraction of sp³-hybridized carbons (Fsp3) is 0.222. The minimum Gasteiger partial charge on any atom is -0.452 e. The number of hydrogen-bond donors (Lipinski definition) is 1. The summed E-state index contributed by atoms with van der Waals surface area (Å²) in [5.74, 6) is -1.90. The molecule has 0 unspecified atom stereocenters. The summed E-state index contributed by atoms with van der Waals surface area (Å²) < 4.78 is 43.6. The molecule has 27 heavy (non-hydrogen) atoms. The lowest BCUT2D eigenvalue weighted by Gasteiger charge is -2.12. The van der Waals surface area contributed by atoms with E-state index < -0.39 is 34.3 Å². The van der Waals surface area contributed by atoms with Crippen molar-refractivity contribution in [1.29, 1.82) is 0 Å². The first kappa shape index (κ1) is 20.5. The molecule has 0 aromatic heterocycles. The number of rotatable bonds is 7. The van der Waals surface area contributed by atoms with Crippen molar-refractivity contribution >= 4 is 21.9 Å². The predicted molar refractivity (Wildman–Crippen MR) is 95.8 cm³/mol. The number of hydrogen-bond acceptors (Lipinski definition) is 5. The molecule has 2 aromatic rings. The summed E-state index contributed by atoms with van der Waals surface area (Å²) in [6.45, 7) is -0.614. The molecule has 0 radical (unpaired) electrons. The summed E-state index contributed by atoms with van der Waals surface area (Å²) >= 11 is 0. The van der Waals surface area contributed by atoms with Gasteiger partial charge in [-0.15, -0.1) is 0 Å². The van der Waals surface area contributed by atoms with E-state index in [1.807, 2.05) is 0 Å². The summed E-state index contributed by atoms with van der Waals surface area (Å²) in [6, 6.07) is 11.3. The number of carbonyl (C=O) groups excluding carboxylic acids is 2. The van der Waals surface area contributed by atoms with Gasteiger partial charge in [0.15, 0.2) is 6.61 Å². The SMILES string of the molecule is CN(C)S(=O)(=O)c1cccc(C(=O)OCC(=O)NCc2ccccc2F)c1. The van der Waals surface area contributed by atoms with Crippen LogP contribution in [0.3, 0.4) is 0 Å².